The van der Waals surface area contributed by atoms with Gasteiger partial charge in [-0.3, -0.25) is 4.79 Å². The Labute approximate surface area is 127 Å². The van der Waals surface area contributed by atoms with Gasteiger partial charge in [-0.25, -0.2) is 0 Å². The number of nitrogens with one attached hydrogen (secondary N) is 2. The highest BCUT2D eigenvalue weighted by molar-refractivity contribution is 5.94. The van der Waals surface area contributed by atoms with Gasteiger partial charge in [0.2, 0.25) is 5.91 Å². The van der Waals surface area contributed by atoms with Gasteiger partial charge >= 0.3 is 0 Å². The Hall–Kier alpha value is -1.39. The fourth-order valence-electron chi connectivity index (χ4n) is 2.76. The minimum atomic E-state index is -0.174. The molecule has 1 amide bonds. The third-order valence-electron chi connectivity index (χ3n) is 4.41. The number of benzene rings is 1. The van der Waals surface area contributed by atoms with Crippen molar-refractivity contribution < 1.29 is 4.79 Å². The van der Waals surface area contributed by atoms with E-state index in [1.54, 1.807) is 0 Å². The van der Waals surface area contributed by atoms with E-state index in [1.807, 2.05) is 38.1 Å². The van der Waals surface area contributed by atoms with Gasteiger partial charge in [0.25, 0.3) is 0 Å². The lowest BCUT2D eigenvalue weighted by atomic mass is 9.98. The quantitative estimate of drug-likeness (QED) is 0.894. The van der Waals surface area contributed by atoms with Gasteiger partial charge in [0.15, 0.2) is 0 Å². The molecule has 4 nitrogen and oxygen atoms in total. The van der Waals surface area contributed by atoms with Crippen molar-refractivity contribution in [2.24, 2.45) is 0 Å². The van der Waals surface area contributed by atoms with Gasteiger partial charge in [0, 0.05) is 17.8 Å². The van der Waals surface area contributed by atoms with Gasteiger partial charge in [-0.2, -0.15) is 0 Å². The van der Waals surface area contributed by atoms with Gasteiger partial charge < -0.3 is 15.5 Å². The van der Waals surface area contributed by atoms with Crippen LogP contribution in [0, 0.1) is 6.92 Å². The third kappa shape index (κ3) is 4.55. The number of carbonyl (C=O) groups is 1. The maximum absolute atomic E-state index is 12.2. The maximum atomic E-state index is 12.2. The summed E-state index contributed by atoms with van der Waals surface area (Å²) in [7, 11) is 2.16. The predicted octanol–water partition coefficient (Wildman–Crippen LogP) is 2.39. The molecule has 1 saturated heterocycles. The first kappa shape index (κ1) is 16.0. The van der Waals surface area contributed by atoms with Crippen LogP contribution >= 0.6 is 0 Å². The highest BCUT2D eigenvalue weighted by Crippen LogP contribution is 2.16. The van der Waals surface area contributed by atoms with Crippen LogP contribution in [0.15, 0.2) is 24.3 Å². The fraction of sp³-hybridized carbons (Fsp3) is 0.588. The second kappa shape index (κ2) is 7.05. The van der Waals surface area contributed by atoms with Gasteiger partial charge in [0.1, 0.15) is 0 Å². The molecule has 2 rings (SSSR count). The molecular weight excluding hydrogens is 262 g/mol. The predicted molar refractivity (Wildman–Crippen MR) is 87.5 cm³/mol. The Balaban J connectivity index is 1.83. The number of anilines is 1. The van der Waals surface area contributed by atoms with Gasteiger partial charge in [-0.1, -0.05) is 17.7 Å². The number of carbonyl (C=O) groups excluding carboxylic acids is 1. The third-order valence-corrected chi connectivity index (χ3v) is 4.41. The zero-order valence-electron chi connectivity index (χ0n) is 13.5. The Morgan fingerprint density at radius 3 is 2.62 bits per heavy atom. The molecule has 1 aromatic carbocycles. The largest absolute Gasteiger partial charge is 0.325 e. The number of nitrogens with zero attached hydrogens (tertiary/aromatic N) is 1. The van der Waals surface area contributed by atoms with E-state index in [2.05, 4.69) is 29.5 Å². The van der Waals surface area contributed by atoms with Crippen LogP contribution in [0.4, 0.5) is 5.69 Å². The van der Waals surface area contributed by atoms with Crippen molar-refractivity contribution in [2.45, 2.75) is 51.7 Å². The average molecular weight is 289 g/mol. The van der Waals surface area contributed by atoms with Gasteiger partial charge in [0.05, 0.1) is 6.04 Å². The fourth-order valence-corrected chi connectivity index (χ4v) is 2.76. The summed E-state index contributed by atoms with van der Waals surface area (Å²) in [6.07, 6.45) is 2.20. The summed E-state index contributed by atoms with van der Waals surface area (Å²) in [5, 5.41) is 6.43. The molecule has 0 aliphatic carbocycles. The Bertz CT molecular complexity index is 471. The molecule has 0 spiro atoms. The van der Waals surface area contributed by atoms with Crippen LogP contribution in [-0.4, -0.2) is 42.5 Å². The van der Waals surface area contributed by atoms with Crippen LogP contribution in [0.25, 0.3) is 0 Å². The molecule has 0 bridgehead atoms. The van der Waals surface area contributed by atoms with E-state index in [9.17, 15) is 4.79 Å². The van der Waals surface area contributed by atoms with E-state index in [1.165, 1.54) is 5.56 Å². The topological polar surface area (TPSA) is 44.4 Å². The first-order valence-corrected chi connectivity index (χ1v) is 7.79. The SMILES string of the molecule is Cc1ccc(NC(=O)C(C)NC2CCN(C)C(C)C2)cc1. The van der Waals surface area contributed by atoms with E-state index < -0.39 is 0 Å². The molecule has 1 aromatic rings. The zero-order chi connectivity index (χ0) is 15.4. The molecule has 116 valence electrons. The molecule has 2 N–H and O–H groups in total. The second-order valence-electron chi connectivity index (χ2n) is 6.29. The van der Waals surface area contributed by atoms with Crippen molar-refractivity contribution in [1.29, 1.82) is 0 Å². The summed E-state index contributed by atoms with van der Waals surface area (Å²) in [6.45, 7) is 7.31. The minimum Gasteiger partial charge on any atom is -0.325 e. The highest BCUT2D eigenvalue weighted by atomic mass is 16.2. The van der Waals surface area contributed by atoms with E-state index in [-0.39, 0.29) is 11.9 Å². The molecule has 3 unspecified atom stereocenters. The molecule has 1 fully saturated rings. The van der Waals surface area contributed by atoms with Crippen molar-refractivity contribution in [3.05, 3.63) is 29.8 Å². The number of piperidine rings is 1. The zero-order valence-corrected chi connectivity index (χ0v) is 13.5. The maximum Gasteiger partial charge on any atom is 0.241 e. The summed E-state index contributed by atoms with van der Waals surface area (Å²) in [5.74, 6) is 0.0328. The second-order valence-corrected chi connectivity index (χ2v) is 6.29. The summed E-state index contributed by atoms with van der Waals surface area (Å²) in [6, 6.07) is 8.72. The molecule has 1 heterocycles. The summed E-state index contributed by atoms with van der Waals surface area (Å²) in [4.78, 5) is 14.6. The highest BCUT2D eigenvalue weighted by Gasteiger charge is 2.25. The van der Waals surface area contributed by atoms with Crippen LogP contribution in [-0.2, 0) is 4.79 Å². The smallest absolute Gasteiger partial charge is 0.241 e. The van der Waals surface area contributed by atoms with Gasteiger partial charge in [-0.15, -0.1) is 0 Å². The molecule has 0 aromatic heterocycles. The molecule has 0 radical (unpaired) electrons. The summed E-state index contributed by atoms with van der Waals surface area (Å²) < 4.78 is 0. The Kier molecular flexibility index (Phi) is 5.37. The Morgan fingerprint density at radius 1 is 1.33 bits per heavy atom. The Morgan fingerprint density at radius 2 is 2.00 bits per heavy atom. The molecule has 4 heteroatoms. The molecule has 1 aliphatic rings. The number of aryl methyl sites for hydroxylation is 1. The van der Waals surface area contributed by atoms with Crippen LogP contribution in [0.1, 0.15) is 32.3 Å². The van der Waals surface area contributed by atoms with Crippen LogP contribution in [0.2, 0.25) is 0 Å². The van der Waals surface area contributed by atoms with Crippen molar-refractivity contribution in [1.82, 2.24) is 10.2 Å². The van der Waals surface area contributed by atoms with E-state index in [0.717, 1.165) is 25.1 Å². The van der Waals surface area contributed by atoms with Crippen LogP contribution in [0.5, 0.6) is 0 Å². The molecule has 0 saturated carbocycles. The van der Waals surface area contributed by atoms with Crippen LogP contribution in [0.3, 0.4) is 0 Å². The van der Waals surface area contributed by atoms with Crippen LogP contribution < -0.4 is 10.6 Å². The molecular formula is C17H27N3O. The molecule has 1 aliphatic heterocycles. The van der Waals surface area contributed by atoms with Gasteiger partial charge in [-0.05, 0) is 59.3 Å². The lowest BCUT2D eigenvalue weighted by Gasteiger charge is -2.36. The average Bonchev–Trinajstić information content (AvgIpc) is 2.45. The minimum absolute atomic E-state index is 0.0328. The number of rotatable bonds is 4. The van der Waals surface area contributed by atoms with Crippen molar-refractivity contribution in [3.63, 3.8) is 0 Å². The number of hydrogen-bond donors (Lipinski definition) is 2. The number of amides is 1. The monoisotopic (exact) mass is 289 g/mol. The van der Waals surface area contributed by atoms with E-state index >= 15 is 0 Å². The normalized spacial score (nSPS) is 24.6. The standard InChI is InChI=1S/C17H27N3O/c1-12-5-7-15(8-6-12)19-17(21)14(3)18-16-9-10-20(4)13(2)11-16/h5-8,13-14,16,18H,9-11H2,1-4H3,(H,19,21). The van der Waals surface area contributed by atoms with Crippen molar-refractivity contribution in [2.75, 3.05) is 18.9 Å². The molecule has 3 atom stereocenters. The summed E-state index contributed by atoms with van der Waals surface area (Å²) >= 11 is 0. The van der Waals surface area contributed by atoms with Crippen molar-refractivity contribution >= 4 is 11.6 Å². The lowest BCUT2D eigenvalue weighted by molar-refractivity contribution is -0.118. The molecule has 21 heavy (non-hydrogen) atoms. The first-order valence-electron chi connectivity index (χ1n) is 7.79. The first-order chi connectivity index (χ1) is 9.95. The van der Waals surface area contributed by atoms with Crippen molar-refractivity contribution in [3.8, 4) is 0 Å². The lowest BCUT2D eigenvalue weighted by Crippen LogP contribution is -2.50. The number of likely N-dealkylation sites (tertiary alicyclic amines) is 1. The van der Waals surface area contributed by atoms with E-state index in [0.29, 0.717) is 12.1 Å². The number of hydrogen-bond acceptors (Lipinski definition) is 3. The van der Waals surface area contributed by atoms with E-state index in [4.69, 9.17) is 0 Å². The summed E-state index contributed by atoms with van der Waals surface area (Å²) in [5.41, 5.74) is 2.05.